The third-order valence-corrected chi connectivity index (χ3v) is 3.39. The molecule has 4 nitrogen and oxygen atoms in total. The Morgan fingerprint density at radius 3 is 3.00 bits per heavy atom. The summed E-state index contributed by atoms with van der Waals surface area (Å²) in [4.78, 5) is 11.8. The molecule has 112 valence electrons. The zero-order valence-electron chi connectivity index (χ0n) is 11.4. The number of aryl methyl sites for hydroxylation is 1. The van der Waals surface area contributed by atoms with Gasteiger partial charge in [-0.15, -0.1) is 12.4 Å². The van der Waals surface area contributed by atoms with Gasteiger partial charge in [-0.05, 0) is 37.5 Å². The van der Waals surface area contributed by atoms with Gasteiger partial charge in [-0.2, -0.15) is 0 Å². The lowest BCUT2D eigenvalue weighted by Crippen LogP contribution is -2.33. The number of ether oxygens (including phenoxy) is 1. The SMILES string of the molecule is Cc1ccc(Cl)cc1NC(=O)CNCC1CCCO1.Cl. The summed E-state index contributed by atoms with van der Waals surface area (Å²) in [5.41, 5.74) is 1.76. The van der Waals surface area contributed by atoms with Crippen LogP contribution in [0.15, 0.2) is 18.2 Å². The topological polar surface area (TPSA) is 50.4 Å². The summed E-state index contributed by atoms with van der Waals surface area (Å²) >= 11 is 5.91. The Morgan fingerprint density at radius 1 is 1.50 bits per heavy atom. The van der Waals surface area contributed by atoms with Crippen LogP contribution in [-0.2, 0) is 9.53 Å². The fourth-order valence-corrected chi connectivity index (χ4v) is 2.25. The first-order valence-electron chi connectivity index (χ1n) is 6.53. The van der Waals surface area contributed by atoms with Gasteiger partial charge in [0.15, 0.2) is 0 Å². The normalized spacial score (nSPS) is 17.6. The molecule has 1 heterocycles. The van der Waals surface area contributed by atoms with Gasteiger partial charge in [0.25, 0.3) is 0 Å². The third kappa shape index (κ3) is 5.29. The van der Waals surface area contributed by atoms with Crippen molar-refractivity contribution in [2.45, 2.75) is 25.9 Å². The van der Waals surface area contributed by atoms with Crippen LogP contribution in [0.3, 0.4) is 0 Å². The van der Waals surface area contributed by atoms with Gasteiger partial charge in [-0.25, -0.2) is 0 Å². The summed E-state index contributed by atoms with van der Waals surface area (Å²) in [6.07, 6.45) is 2.43. The lowest BCUT2D eigenvalue weighted by Gasteiger charge is -2.12. The van der Waals surface area contributed by atoms with Crippen molar-refractivity contribution < 1.29 is 9.53 Å². The fraction of sp³-hybridized carbons (Fsp3) is 0.500. The molecule has 1 aromatic rings. The minimum atomic E-state index is -0.0663. The summed E-state index contributed by atoms with van der Waals surface area (Å²) in [7, 11) is 0. The second-order valence-electron chi connectivity index (χ2n) is 4.77. The number of hydrogen-bond donors (Lipinski definition) is 2. The quantitative estimate of drug-likeness (QED) is 0.877. The molecule has 1 aliphatic heterocycles. The maximum absolute atomic E-state index is 11.8. The van der Waals surface area contributed by atoms with Crippen LogP contribution in [0.1, 0.15) is 18.4 Å². The highest BCUT2D eigenvalue weighted by Gasteiger charge is 2.15. The van der Waals surface area contributed by atoms with Crippen LogP contribution >= 0.6 is 24.0 Å². The van der Waals surface area contributed by atoms with E-state index >= 15 is 0 Å². The smallest absolute Gasteiger partial charge is 0.238 e. The van der Waals surface area contributed by atoms with Crippen LogP contribution in [0, 0.1) is 6.92 Å². The highest BCUT2D eigenvalue weighted by molar-refractivity contribution is 6.31. The van der Waals surface area contributed by atoms with Crippen molar-refractivity contribution in [2.24, 2.45) is 0 Å². The lowest BCUT2D eigenvalue weighted by atomic mass is 10.2. The van der Waals surface area contributed by atoms with E-state index in [0.717, 1.165) is 37.2 Å². The number of amides is 1. The molecule has 0 bridgehead atoms. The maximum Gasteiger partial charge on any atom is 0.238 e. The standard InChI is InChI=1S/C14H19ClN2O2.ClH/c1-10-4-5-11(15)7-13(10)17-14(18)9-16-8-12-3-2-6-19-12;/h4-5,7,12,16H,2-3,6,8-9H2,1H3,(H,17,18);1H. The van der Waals surface area contributed by atoms with E-state index in [-0.39, 0.29) is 31.0 Å². The van der Waals surface area contributed by atoms with E-state index in [4.69, 9.17) is 16.3 Å². The third-order valence-electron chi connectivity index (χ3n) is 3.16. The van der Waals surface area contributed by atoms with E-state index in [2.05, 4.69) is 10.6 Å². The molecule has 1 atom stereocenters. The molecule has 2 rings (SSSR count). The molecule has 20 heavy (non-hydrogen) atoms. The molecule has 1 fully saturated rings. The molecule has 0 aromatic heterocycles. The van der Waals surface area contributed by atoms with E-state index in [1.807, 2.05) is 19.1 Å². The van der Waals surface area contributed by atoms with Gasteiger partial charge in [0, 0.05) is 23.9 Å². The number of anilines is 1. The summed E-state index contributed by atoms with van der Waals surface area (Å²) in [6, 6.07) is 5.45. The molecular formula is C14H20Cl2N2O2. The lowest BCUT2D eigenvalue weighted by molar-refractivity contribution is -0.115. The van der Waals surface area contributed by atoms with Crippen molar-refractivity contribution in [3.63, 3.8) is 0 Å². The Morgan fingerprint density at radius 2 is 2.30 bits per heavy atom. The monoisotopic (exact) mass is 318 g/mol. The van der Waals surface area contributed by atoms with Gasteiger partial charge in [0.05, 0.1) is 12.6 Å². The maximum atomic E-state index is 11.8. The molecule has 1 aromatic carbocycles. The van der Waals surface area contributed by atoms with Gasteiger partial charge in [-0.1, -0.05) is 17.7 Å². The number of halogens is 2. The molecular weight excluding hydrogens is 299 g/mol. The molecule has 0 radical (unpaired) electrons. The Hall–Kier alpha value is -0.810. The zero-order chi connectivity index (χ0) is 13.7. The number of carbonyl (C=O) groups is 1. The van der Waals surface area contributed by atoms with Crippen molar-refractivity contribution in [1.29, 1.82) is 0 Å². The molecule has 1 aliphatic rings. The second kappa shape index (κ2) is 8.47. The predicted octanol–water partition coefficient (Wildman–Crippen LogP) is 2.78. The van der Waals surface area contributed by atoms with Crippen LogP contribution in [-0.4, -0.2) is 31.7 Å². The van der Waals surface area contributed by atoms with Gasteiger partial charge >= 0.3 is 0 Å². The van der Waals surface area contributed by atoms with E-state index in [1.165, 1.54) is 0 Å². The number of rotatable bonds is 5. The van der Waals surface area contributed by atoms with Crippen LogP contribution in [0.5, 0.6) is 0 Å². The molecule has 1 unspecified atom stereocenters. The fourth-order valence-electron chi connectivity index (χ4n) is 2.08. The molecule has 1 amide bonds. The number of carbonyl (C=O) groups excluding carboxylic acids is 1. The first-order chi connectivity index (χ1) is 9.15. The van der Waals surface area contributed by atoms with Gasteiger partial charge in [0.2, 0.25) is 5.91 Å². The highest BCUT2D eigenvalue weighted by atomic mass is 35.5. The van der Waals surface area contributed by atoms with Gasteiger partial charge in [0.1, 0.15) is 0 Å². The number of hydrogen-bond acceptors (Lipinski definition) is 3. The zero-order valence-corrected chi connectivity index (χ0v) is 13.0. The van der Waals surface area contributed by atoms with Crippen LogP contribution in [0.25, 0.3) is 0 Å². The summed E-state index contributed by atoms with van der Waals surface area (Å²) in [5.74, 6) is -0.0663. The molecule has 0 saturated carbocycles. The van der Waals surface area contributed by atoms with Crippen LogP contribution < -0.4 is 10.6 Å². The van der Waals surface area contributed by atoms with E-state index in [1.54, 1.807) is 6.07 Å². The first kappa shape index (κ1) is 17.2. The van der Waals surface area contributed by atoms with Crippen molar-refractivity contribution in [3.05, 3.63) is 28.8 Å². The highest BCUT2D eigenvalue weighted by Crippen LogP contribution is 2.19. The number of nitrogens with one attached hydrogen (secondary N) is 2. The Balaban J connectivity index is 0.00000200. The van der Waals surface area contributed by atoms with Crippen molar-refractivity contribution >= 4 is 35.6 Å². The summed E-state index contributed by atoms with van der Waals surface area (Å²) in [5, 5.41) is 6.58. The van der Waals surface area contributed by atoms with Crippen molar-refractivity contribution in [2.75, 3.05) is 25.0 Å². The minimum absolute atomic E-state index is 0. The van der Waals surface area contributed by atoms with E-state index in [9.17, 15) is 4.79 Å². The molecule has 2 N–H and O–H groups in total. The Labute approximate surface area is 130 Å². The van der Waals surface area contributed by atoms with Crippen molar-refractivity contribution in [1.82, 2.24) is 5.32 Å². The van der Waals surface area contributed by atoms with Crippen LogP contribution in [0.2, 0.25) is 5.02 Å². The van der Waals surface area contributed by atoms with E-state index in [0.29, 0.717) is 5.02 Å². The molecule has 0 aliphatic carbocycles. The van der Waals surface area contributed by atoms with E-state index < -0.39 is 0 Å². The van der Waals surface area contributed by atoms with Gasteiger partial charge in [-0.3, -0.25) is 4.79 Å². The number of benzene rings is 1. The predicted molar refractivity (Wildman–Crippen MR) is 83.9 cm³/mol. The Kier molecular flexibility index (Phi) is 7.30. The average Bonchev–Trinajstić information content (AvgIpc) is 2.87. The molecule has 0 spiro atoms. The van der Waals surface area contributed by atoms with Crippen molar-refractivity contribution in [3.8, 4) is 0 Å². The molecule has 6 heteroatoms. The van der Waals surface area contributed by atoms with Crippen LogP contribution in [0.4, 0.5) is 5.69 Å². The first-order valence-corrected chi connectivity index (χ1v) is 6.91. The Bertz CT molecular complexity index is 449. The average molecular weight is 319 g/mol. The summed E-state index contributed by atoms with van der Waals surface area (Å²) in [6.45, 7) is 3.78. The molecule has 1 saturated heterocycles. The second-order valence-corrected chi connectivity index (χ2v) is 5.21. The minimum Gasteiger partial charge on any atom is -0.377 e. The largest absolute Gasteiger partial charge is 0.377 e. The van der Waals surface area contributed by atoms with Gasteiger partial charge < -0.3 is 15.4 Å². The summed E-state index contributed by atoms with van der Waals surface area (Å²) < 4.78 is 5.48.